The van der Waals surface area contributed by atoms with Gasteiger partial charge < -0.3 is 5.11 Å². The van der Waals surface area contributed by atoms with Crippen LogP contribution in [0.3, 0.4) is 0 Å². The van der Waals surface area contributed by atoms with Crippen molar-refractivity contribution in [2.24, 2.45) is 11.3 Å². The van der Waals surface area contributed by atoms with Crippen molar-refractivity contribution >= 4 is 15.6 Å². The van der Waals surface area contributed by atoms with Gasteiger partial charge in [0.25, 0.3) is 0 Å². The first-order valence-electron chi connectivity index (χ1n) is 13.1. The van der Waals surface area contributed by atoms with Gasteiger partial charge in [0.05, 0.1) is 11.5 Å². The van der Waals surface area contributed by atoms with Crippen molar-refractivity contribution in [1.29, 1.82) is 0 Å². The third-order valence-corrected chi connectivity index (χ3v) is 10.6. The Morgan fingerprint density at radius 1 is 1.06 bits per heavy atom. The zero-order valence-electron chi connectivity index (χ0n) is 21.6. The number of aryl methyl sites for hydroxylation is 2. The Hall–Kier alpha value is -2.25. The number of fused-ring (bicyclic) bond motifs is 1. The summed E-state index contributed by atoms with van der Waals surface area (Å²) in [7, 11) is -3.59. The SMILES string of the molecule is Cc1cccc(C2=CCC(C)([C@@H]3[C@@H](CO)N4CCCCN(S(=O)(=O)c5ccccc5C)C[C@@H]34)C=C2)c1. The average Bonchev–Trinajstić information content (AvgIpc) is 2.83. The highest BCUT2D eigenvalue weighted by molar-refractivity contribution is 7.89. The van der Waals surface area contributed by atoms with Crippen molar-refractivity contribution in [3.8, 4) is 0 Å². The van der Waals surface area contributed by atoms with Crippen LogP contribution in [0, 0.1) is 25.2 Å². The van der Waals surface area contributed by atoms with Gasteiger partial charge in [-0.25, -0.2) is 8.42 Å². The first-order chi connectivity index (χ1) is 17.2. The van der Waals surface area contributed by atoms with E-state index in [1.165, 1.54) is 16.7 Å². The number of allylic oxidation sites excluding steroid dienone is 4. The van der Waals surface area contributed by atoms with Crippen LogP contribution in [-0.2, 0) is 10.0 Å². The molecular formula is C30H38N2O3S. The Morgan fingerprint density at radius 3 is 2.53 bits per heavy atom. The standard InChI is InChI=1S/C30H38N2O3S/c1-22-9-8-11-25(19-22)24-13-15-30(3,16-14-24)29-26-20-31(17-6-7-18-32(26)27(29)21-33)36(34,35)28-12-5-4-10-23(28)2/h4-5,8-15,19,26-27,29,33H,6-7,16-18,20-21H2,1-3H3/t26-,27+,29-,30?/m0/s1. The second-order valence-corrected chi connectivity index (χ2v) is 12.9. The Balaban J connectivity index is 1.42. The van der Waals surface area contributed by atoms with E-state index in [2.05, 4.69) is 61.2 Å². The van der Waals surface area contributed by atoms with E-state index in [4.69, 9.17) is 0 Å². The van der Waals surface area contributed by atoms with Crippen LogP contribution in [0.2, 0.25) is 0 Å². The maximum atomic E-state index is 13.7. The predicted molar refractivity (Wildman–Crippen MR) is 145 cm³/mol. The minimum Gasteiger partial charge on any atom is -0.395 e. The molecule has 4 atom stereocenters. The van der Waals surface area contributed by atoms with Crippen LogP contribution in [-0.4, -0.2) is 61.1 Å². The molecule has 6 heteroatoms. The van der Waals surface area contributed by atoms with Crippen LogP contribution in [0.4, 0.5) is 0 Å². The lowest BCUT2D eigenvalue weighted by Crippen LogP contribution is -2.72. The first kappa shape index (κ1) is 25.4. The number of benzene rings is 2. The van der Waals surface area contributed by atoms with Crippen LogP contribution in [0.5, 0.6) is 0 Å². The van der Waals surface area contributed by atoms with Gasteiger partial charge in [0, 0.05) is 31.1 Å². The molecular weight excluding hydrogens is 468 g/mol. The normalized spacial score (nSPS) is 29.6. The van der Waals surface area contributed by atoms with E-state index in [1.807, 2.05) is 19.1 Å². The summed E-state index contributed by atoms with van der Waals surface area (Å²) in [6, 6.07) is 16.0. The summed E-state index contributed by atoms with van der Waals surface area (Å²) in [6.45, 7) is 8.27. The second-order valence-electron chi connectivity index (χ2n) is 11.0. The zero-order valence-corrected chi connectivity index (χ0v) is 22.4. The van der Waals surface area contributed by atoms with Crippen molar-refractivity contribution < 1.29 is 13.5 Å². The van der Waals surface area contributed by atoms with E-state index in [0.29, 0.717) is 18.0 Å². The Labute approximate surface area is 216 Å². The number of sulfonamides is 1. The van der Waals surface area contributed by atoms with Crippen LogP contribution >= 0.6 is 0 Å². The summed E-state index contributed by atoms with van der Waals surface area (Å²) in [5.74, 6) is 0.182. The fourth-order valence-corrected chi connectivity index (χ4v) is 8.30. The molecule has 1 unspecified atom stereocenters. The van der Waals surface area contributed by atoms with Gasteiger partial charge in [0.1, 0.15) is 0 Å². The Bertz CT molecular complexity index is 1280. The molecule has 192 valence electrons. The van der Waals surface area contributed by atoms with Gasteiger partial charge in [-0.3, -0.25) is 4.90 Å². The fourth-order valence-electron chi connectivity index (χ4n) is 6.58. The molecule has 1 N–H and O–H groups in total. The molecule has 0 spiro atoms. The molecule has 2 heterocycles. The van der Waals surface area contributed by atoms with Crippen LogP contribution < -0.4 is 0 Å². The fraction of sp³-hybridized carbons (Fsp3) is 0.467. The molecule has 0 bridgehead atoms. The molecule has 0 aromatic heterocycles. The molecule has 2 fully saturated rings. The quantitative estimate of drug-likeness (QED) is 0.633. The van der Waals surface area contributed by atoms with E-state index >= 15 is 0 Å². The maximum absolute atomic E-state index is 13.7. The van der Waals surface area contributed by atoms with Gasteiger partial charge >= 0.3 is 0 Å². The molecule has 2 aromatic rings. The van der Waals surface area contributed by atoms with Crippen LogP contribution in [0.15, 0.2) is 71.7 Å². The minimum atomic E-state index is -3.59. The topological polar surface area (TPSA) is 60.9 Å². The van der Waals surface area contributed by atoms with Crippen molar-refractivity contribution in [2.75, 3.05) is 26.2 Å². The molecule has 2 aromatic carbocycles. The smallest absolute Gasteiger partial charge is 0.243 e. The molecule has 3 aliphatic rings. The van der Waals surface area contributed by atoms with E-state index < -0.39 is 10.0 Å². The maximum Gasteiger partial charge on any atom is 0.243 e. The Morgan fingerprint density at radius 2 is 1.83 bits per heavy atom. The average molecular weight is 507 g/mol. The number of rotatable bonds is 5. The van der Waals surface area contributed by atoms with Crippen molar-refractivity contribution in [3.63, 3.8) is 0 Å². The molecule has 2 aliphatic heterocycles. The predicted octanol–water partition coefficient (Wildman–Crippen LogP) is 4.80. The number of aliphatic hydroxyl groups excluding tert-OH is 1. The summed E-state index contributed by atoms with van der Waals surface area (Å²) in [6.07, 6.45) is 9.49. The molecule has 2 saturated heterocycles. The van der Waals surface area contributed by atoms with Gasteiger partial charge in [-0.15, -0.1) is 0 Å². The Kier molecular flexibility index (Phi) is 6.98. The summed E-state index contributed by atoms with van der Waals surface area (Å²) in [4.78, 5) is 2.77. The summed E-state index contributed by atoms with van der Waals surface area (Å²) >= 11 is 0. The summed E-state index contributed by atoms with van der Waals surface area (Å²) in [5.41, 5.74) is 4.34. The highest BCUT2D eigenvalue weighted by Gasteiger charge is 2.56. The second kappa shape index (κ2) is 9.90. The summed E-state index contributed by atoms with van der Waals surface area (Å²) < 4.78 is 29.2. The number of hydrogen-bond donors (Lipinski definition) is 1. The van der Waals surface area contributed by atoms with Gasteiger partial charge in [0.2, 0.25) is 10.0 Å². The lowest BCUT2D eigenvalue weighted by Gasteiger charge is -2.62. The van der Waals surface area contributed by atoms with Crippen LogP contribution in [0.25, 0.3) is 5.57 Å². The monoisotopic (exact) mass is 506 g/mol. The summed E-state index contributed by atoms with van der Waals surface area (Å²) in [5, 5.41) is 10.4. The molecule has 0 saturated carbocycles. The van der Waals surface area contributed by atoms with Crippen molar-refractivity contribution in [1.82, 2.24) is 9.21 Å². The first-order valence-corrected chi connectivity index (χ1v) is 14.6. The van der Waals surface area contributed by atoms with Gasteiger partial charge in [-0.1, -0.05) is 73.2 Å². The molecule has 1 aliphatic carbocycles. The van der Waals surface area contributed by atoms with Gasteiger partial charge in [-0.05, 0) is 67.8 Å². The number of hydrogen-bond acceptors (Lipinski definition) is 4. The minimum absolute atomic E-state index is 0.0553. The lowest BCUT2D eigenvalue weighted by atomic mass is 9.60. The molecule has 0 radical (unpaired) electrons. The van der Waals surface area contributed by atoms with Crippen molar-refractivity contribution in [2.45, 2.75) is 57.0 Å². The van der Waals surface area contributed by atoms with E-state index in [1.54, 1.807) is 16.4 Å². The molecule has 0 amide bonds. The molecule has 36 heavy (non-hydrogen) atoms. The van der Waals surface area contributed by atoms with E-state index in [9.17, 15) is 13.5 Å². The van der Waals surface area contributed by atoms with E-state index in [-0.39, 0.29) is 30.0 Å². The molecule has 5 rings (SSSR count). The third-order valence-electron chi connectivity index (χ3n) is 8.56. The van der Waals surface area contributed by atoms with Crippen molar-refractivity contribution in [3.05, 3.63) is 83.4 Å². The highest BCUT2D eigenvalue weighted by atomic mass is 32.2. The largest absolute Gasteiger partial charge is 0.395 e. The van der Waals surface area contributed by atoms with E-state index in [0.717, 1.165) is 31.4 Å². The van der Waals surface area contributed by atoms with Gasteiger partial charge in [0.15, 0.2) is 0 Å². The third kappa shape index (κ3) is 4.49. The number of nitrogens with zero attached hydrogens (tertiary/aromatic N) is 2. The highest BCUT2D eigenvalue weighted by Crippen LogP contribution is 2.50. The zero-order chi connectivity index (χ0) is 25.5. The molecule has 5 nitrogen and oxygen atoms in total. The lowest BCUT2D eigenvalue weighted by molar-refractivity contribution is -0.129. The van der Waals surface area contributed by atoms with Gasteiger partial charge in [-0.2, -0.15) is 4.31 Å². The van der Waals surface area contributed by atoms with Crippen LogP contribution in [0.1, 0.15) is 42.9 Å². The number of aliphatic hydroxyl groups is 1.